The number of ether oxygens (including phenoxy) is 1. The fourth-order valence-electron chi connectivity index (χ4n) is 3.48. The third-order valence-corrected chi connectivity index (χ3v) is 6.86. The second kappa shape index (κ2) is 9.20. The molecule has 0 aliphatic carbocycles. The first-order valence-corrected chi connectivity index (χ1v) is 10.9. The van der Waals surface area contributed by atoms with Crippen molar-refractivity contribution < 1.29 is 13.2 Å². The minimum absolute atomic E-state index is 0.0411. The molecule has 1 atom stereocenters. The second-order valence-electron chi connectivity index (χ2n) is 6.92. The van der Waals surface area contributed by atoms with Crippen molar-refractivity contribution >= 4 is 15.7 Å². The minimum Gasteiger partial charge on any atom is -0.385 e. The first kappa shape index (κ1) is 20.3. The number of hydrogen-bond acceptors (Lipinski definition) is 5. The summed E-state index contributed by atoms with van der Waals surface area (Å²) in [6, 6.07) is 17.2. The normalized spacial score (nSPS) is 17.2. The lowest BCUT2D eigenvalue weighted by Crippen LogP contribution is -2.44. The van der Waals surface area contributed by atoms with E-state index in [-0.39, 0.29) is 18.3 Å². The zero-order chi connectivity index (χ0) is 20.0. The van der Waals surface area contributed by atoms with Gasteiger partial charge in [0.2, 0.25) is 10.0 Å². The Kier molecular flexibility index (Phi) is 6.68. The Balaban J connectivity index is 1.92. The number of benzene rings is 2. The first-order valence-electron chi connectivity index (χ1n) is 9.33. The van der Waals surface area contributed by atoms with Crippen molar-refractivity contribution in [1.29, 1.82) is 5.26 Å². The quantitative estimate of drug-likeness (QED) is 0.724. The molecule has 3 rings (SSSR count). The van der Waals surface area contributed by atoms with Gasteiger partial charge in [0.1, 0.15) is 0 Å². The minimum atomic E-state index is -3.48. The average Bonchev–Trinajstić information content (AvgIpc) is 2.88. The third kappa shape index (κ3) is 4.90. The Morgan fingerprint density at radius 1 is 1.25 bits per heavy atom. The molecule has 28 heavy (non-hydrogen) atoms. The van der Waals surface area contributed by atoms with Gasteiger partial charge in [-0.2, -0.15) is 9.57 Å². The number of fused-ring (bicyclic) bond motifs is 1. The highest BCUT2D eigenvalue weighted by atomic mass is 32.2. The van der Waals surface area contributed by atoms with E-state index in [9.17, 15) is 13.7 Å². The monoisotopic (exact) mass is 399 g/mol. The van der Waals surface area contributed by atoms with Gasteiger partial charge in [0.05, 0.1) is 17.4 Å². The lowest BCUT2D eigenvalue weighted by atomic mass is 10.1. The number of hydrogen-bond donors (Lipinski definition) is 1. The molecule has 0 bridgehead atoms. The summed E-state index contributed by atoms with van der Waals surface area (Å²) >= 11 is 0. The summed E-state index contributed by atoms with van der Waals surface area (Å²) in [5, 5.41) is 12.6. The van der Waals surface area contributed by atoms with Crippen LogP contribution in [0.2, 0.25) is 0 Å². The summed E-state index contributed by atoms with van der Waals surface area (Å²) in [4.78, 5) is 0. The maximum atomic E-state index is 13.2. The van der Waals surface area contributed by atoms with Crippen LogP contribution in [-0.4, -0.2) is 44.8 Å². The topological polar surface area (TPSA) is 82.4 Å². The maximum absolute atomic E-state index is 13.2. The van der Waals surface area contributed by atoms with Crippen LogP contribution in [0.25, 0.3) is 0 Å². The number of nitrogens with one attached hydrogen (secondary N) is 1. The van der Waals surface area contributed by atoms with Crippen LogP contribution in [0, 0.1) is 11.3 Å². The highest BCUT2D eigenvalue weighted by Gasteiger charge is 2.32. The summed E-state index contributed by atoms with van der Waals surface area (Å²) in [7, 11) is -1.91. The maximum Gasteiger partial charge on any atom is 0.214 e. The molecule has 1 aliphatic rings. The molecular weight excluding hydrogens is 374 g/mol. The summed E-state index contributed by atoms with van der Waals surface area (Å²) in [6.45, 7) is 1.17. The Morgan fingerprint density at radius 3 is 2.75 bits per heavy atom. The summed E-state index contributed by atoms with van der Waals surface area (Å²) < 4.78 is 32.9. The SMILES string of the molecule is COCCCS(=O)(=O)N1Cc2cc(C#N)ccc2NCC1Cc1ccccc1. The van der Waals surface area contributed by atoms with Crippen molar-refractivity contribution in [3.8, 4) is 6.07 Å². The van der Waals surface area contributed by atoms with E-state index in [1.807, 2.05) is 36.4 Å². The van der Waals surface area contributed by atoms with Crippen LogP contribution in [0.3, 0.4) is 0 Å². The van der Waals surface area contributed by atoms with Gasteiger partial charge in [-0.05, 0) is 42.2 Å². The second-order valence-corrected chi connectivity index (χ2v) is 8.96. The standard InChI is InChI=1S/C21H25N3O3S/c1-27-10-5-11-28(25,26)24-16-19-12-18(14-22)8-9-21(19)23-15-20(24)13-17-6-3-2-4-7-17/h2-4,6-9,12,20,23H,5,10-11,13,15-16H2,1H3. The molecule has 1 unspecified atom stereocenters. The van der Waals surface area contributed by atoms with Gasteiger partial charge in [-0.1, -0.05) is 30.3 Å². The van der Waals surface area contributed by atoms with Crippen LogP contribution in [-0.2, 0) is 27.7 Å². The van der Waals surface area contributed by atoms with Crippen LogP contribution < -0.4 is 5.32 Å². The van der Waals surface area contributed by atoms with E-state index in [1.165, 1.54) is 0 Å². The van der Waals surface area contributed by atoms with Gasteiger partial charge >= 0.3 is 0 Å². The van der Waals surface area contributed by atoms with E-state index in [1.54, 1.807) is 23.5 Å². The van der Waals surface area contributed by atoms with Crippen molar-refractivity contribution in [1.82, 2.24) is 4.31 Å². The molecule has 6 nitrogen and oxygen atoms in total. The number of anilines is 1. The van der Waals surface area contributed by atoms with Crippen LogP contribution in [0.5, 0.6) is 0 Å². The van der Waals surface area contributed by atoms with Crippen molar-refractivity contribution in [2.75, 3.05) is 31.3 Å². The zero-order valence-electron chi connectivity index (χ0n) is 16.0. The molecular formula is C21H25N3O3S. The van der Waals surface area contributed by atoms with Crippen LogP contribution in [0.1, 0.15) is 23.1 Å². The van der Waals surface area contributed by atoms with Gasteiger partial charge in [-0.25, -0.2) is 8.42 Å². The number of nitrogens with zero attached hydrogens (tertiary/aromatic N) is 2. The fraction of sp³-hybridized carbons (Fsp3) is 0.381. The van der Waals surface area contributed by atoms with E-state index in [2.05, 4.69) is 11.4 Å². The summed E-state index contributed by atoms with van der Waals surface area (Å²) in [5.41, 5.74) is 3.32. The van der Waals surface area contributed by atoms with E-state index < -0.39 is 10.0 Å². The van der Waals surface area contributed by atoms with Crippen LogP contribution in [0.15, 0.2) is 48.5 Å². The van der Waals surface area contributed by atoms with Crippen molar-refractivity contribution in [3.63, 3.8) is 0 Å². The van der Waals surface area contributed by atoms with Crippen molar-refractivity contribution in [2.24, 2.45) is 0 Å². The fourth-order valence-corrected chi connectivity index (χ4v) is 5.14. The molecule has 0 aromatic heterocycles. The lowest BCUT2D eigenvalue weighted by molar-refractivity contribution is 0.199. The first-order chi connectivity index (χ1) is 13.5. The van der Waals surface area contributed by atoms with Crippen LogP contribution >= 0.6 is 0 Å². The molecule has 0 spiro atoms. The molecule has 2 aromatic rings. The predicted molar refractivity (Wildman–Crippen MR) is 109 cm³/mol. The van der Waals surface area contributed by atoms with Gasteiger partial charge in [-0.3, -0.25) is 0 Å². The van der Waals surface area contributed by atoms with Gasteiger partial charge in [0.15, 0.2) is 0 Å². The molecule has 7 heteroatoms. The lowest BCUT2D eigenvalue weighted by Gasteiger charge is -2.29. The molecule has 0 saturated heterocycles. The predicted octanol–water partition coefficient (Wildman–Crippen LogP) is 2.76. The highest BCUT2D eigenvalue weighted by Crippen LogP contribution is 2.27. The van der Waals surface area contributed by atoms with E-state index >= 15 is 0 Å². The molecule has 148 valence electrons. The number of methoxy groups -OCH3 is 1. The Hall–Kier alpha value is -2.40. The van der Waals surface area contributed by atoms with E-state index in [4.69, 9.17) is 4.74 Å². The van der Waals surface area contributed by atoms with Gasteiger partial charge < -0.3 is 10.1 Å². The average molecular weight is 400 g/mol. The van der Waals surface area contributed by atoms with Gasteiger partial charge in [-0.15, -0.1) is 0 Å². The molecule has 1 N–H and O–H groups in total. The molecule has 0 saturated carbocycles. The van der Waals surface area contributed by atoms with E-state index in [0.29, 0.717) is 31.6 Å². The van der Waals surface area contributed by atoms with Crippen molar-refractivity contribution in [2.45, 2.75) is 25.4 Å². The molecule has 0 radical (unpaired) electrons. The summed E-state index contributed by atoms with van der Waals surface area (Å²) in [5.74, 6) is 0.0411. The molecule has 0 amide bonds. The van der Waals surface area contributed by atoms with Gasteiger partial charge in [0, 0.05) is 38.5 Å². The zero-order valence-corrected chi connectivity index (χ0v) is 16.8. The van der Waals surface area contributed by atoms with Crippen LogP contribution in [0.4, 0.5) is 5.69 Å². The Bertz CT molecular complexity index is 939. The molecule has 0 fully saturated rings. The third-order valence-electron chi connectivity index (χ3n) is 4.92. The summed E-state index contributed by atoms with van der Waals surface area (Å²) in [6.07, 6.45) is 1.07. The van der Waals surface area contributed by atoms with Crippen molar-refractivity contribution in [3.05, 3.63) is 65.2 Å². The molecule has 2 aromatic carbocycles. The highest BCUT2D eigenvalue weighted by molar-refractivity contribution is 7.89. The van der Waals surface area contributed by atoms with Gasteiger partial charge in [0.25, 0.3) is 0 Å². The largest absolute Gasteiger partial charge is 0.385 e. The number of rotatable bonds is 7. The Labute approximate surface area is 166 Å². The van der Waals surface area contributed by atoms with E-state index in [0.717, 1.165) is 16.8 Å². The number of sulfonamides is 1. The molecule has 1 aliphatic heterocycles. The molecule has 1 heterocycles. The Morgan fingerprint density at radius 2 is 2.04 bits per heavy atom. The smallest absolute Gasteiger partial charge is 0.214 e. The number of nitriles is 1.